The summed E-state index contributed by atoms with van der Waals surface area (Å²) < 4.78 is 40.6. The first-order chi connectivity index (χ1) is 19.8. The number of nitrogens with one attached hydrogen (secondary N) is 1. The SMILES string of the molecule is C.CCOC(=O)C1=C(C2CCc3nn(CCCC(=O)OC)cc3C2)NC(c2nccs2)=NC1c1ccc(F)c(F)c1Cl. The van der Waals surface area contributed by atoms with E-state index in [1.54, 1.807) is 18.5 Å². The number of aryl methyl sites for hydroxylation is 2. The van der Waals surface area contributed by atoms with Gasteiger partial charge in [-0.05, 0) is 44.2 Å². The summed E-state index contributed by atoms with van der Waals surface area (Å²) >= 11 is 7.64. The molecule has 224 valence electrons. The van der Waals surface area contributed by atoms with Gasteiger partial charge in [0.2, 0.25) is 0 Å². The predicted molar refractivity (Wildman–Crippen MR) is 155 cm³/mol. The molecular formula is C29H32ClF2N5O4S. The number of benzene rings is 1. The van der Waals surface area contributed by atoms with Gasteiger partial charge < -0.3 is 14.8 Å². The Morgan fingerprint density at radius 3 is 2.81 bits per heavy atom. The highest BCUT2D eigenvalue weighted by Gasteiger charge is 2.38. The molecule has 0 amide bonds. The molecule has 9 nitrogen and oxygen atoms in total. The van der Waals surface area contributed by atoms with Gasteiger partial charge in [0.1, 0.15) is 6.04 Å². The van der Waals surface area contributed by atoms with Crippen LogP contribution in [-0.4, -0.2) is 46.3 Å². The molecule has 0 saturated heterocycles. The summed E-state index contributed by atoms with van der Waals surface area (Å²) in [6.07, 6.45) is 6.39. The molecule has 2 unspecified atom stereocenters. The number of hydrogen-bond acceptors (Lipinski definition) is 9. The second-order valence-corrected chi connectivity index (χ2v) is 10.9. The molecule has 2 aliphatic rings. The van der Waals surface area contributed by atoms with Crippen LogP contribution in [0.1, 0.15) is 61.5 Å². The quantitative estimate of drug-likeness (QED) is 0.246. The van der Waals surface area contributed by atoms with E-state index in [0.717, 1.165) is 17.3 Å². The third kappa shape index (κ3) is 6.39. The van der Waals surface area contributed by atoms with Crippen LogP contribution in [-0.2, 0) is 38.4 Å². The minimum absolute atomic E-state index is 0. The zero-order chi connectivity index (χ0) is 29.1. The van der Waals surface area contributed by atoms with Gasteiger partial charge in [0.05, 0.1) is 30.0 Å². The van der Waals surface area contributed by atoms with Gasteiger partial charge in [-0.25, -0.2) is 18.6 Å². The van der Waals surface area contributed by atoms with Gasteiger partial charge in [-0.3, -0.25) is 14.5 Å². The zero-order valence-electron chi connectivity index (χ0n) is 22.5. The highest BCUT2D eigenvalue weighted by atomic mass is 35.5. The Kier molecular flexibility index (Phi) is 10.1. The third-order valence-electron chi connectivity index (χ3n) is 7.09. The number of rotatable bonds is 9. The fraction of sp³-hybridized carbons (Fsp3) is 0.414. The maximum Gasteiger partial charge on any atom is 0.338 e. The van der Waals surface area contributed by atoms with Crippen molar-refractivity contribution in [1.29, 1.82) is 0 Å². The van der Waals surface area contributed by atoms with Crippen LogP contribution in [0.3, 0.4) is 0 Å². The summed E-state index contributed by atoms with van der Waals surface area (Å²) in [6, 6.07) is 1.27. The first-order valence-electron chi connectivity index (χ1n) is 13.2. The number of aromatic nitrogens is 3. The van der Waals surface area contributed by atoms with Crippen LogP contribution >= 0.6 is 22.9 Å². The average molecular weight is 620 g/mol. The fourth-order valence-electron chi connectivity index (χ4n) is 5.16. The summed E-state index contributed by atoms with van der Waals surface area (Å²) in [5, 5.41) is 9.96. The van der Waals surface area contributed by atoms with E-state index in [1.807, 2.05) is 10.9 Å². The molecule has 1 aliphatic carbocycles. The lowest BCUT2D eigenvalue weighted by Gasteiger charge is -2.33. The van der Waals surface area contributed by atoms with Crippen molar-refractivity contribution in [2.24, 2.45) is 10.9 Å². The number of amidine groups is 1. The Labute approximate surface area is 251 Å². The van der Waals surface area contributed by atoms with Crippen LogP contribution in [0, 0.1) is 17.6 Å². The number of aliphatic imine (C=N–C) groups is 1. The Hall–Kier alpha value is -3.64. The van der Waals surface area contributed by atoms with Crippen LogP contribution in [0.5, 0.6) is 0 Å². The second-order valence-electron chi connectivity index (χ2n) is 9.64. The van der Waals surface area contributed by atoms with Gasteiger partial charge >= 0.3 is 11.9 Å². The summed E-state index contributed by atoms with van der Waals surface area (Å²) in [6.45, 7) is 2.38. The number of esters is 2. The molecular weight excluding hydrogens is 588 g/mol. The molecule has 1 aliphatic heterocycles. The van der Waals surface area contributed by atoms with E-state index in [0.29, 0.717) is 55.2 Å². The predicted octanol–water partition coefficient (Wildman–Crippen LogP) is 5.57. The van der Waals surface area contributed by atoms with Crippen molar-refractivity contribution >= 4 is 40.7 Å². The molecule has 0 spiro atoms. The standard InChI is InChI=1S/C28H28ClF2N5O4S.CH4/c1-3-40-28(38)21-24(15-6-9-19-16(13-15)14-36(35-19)11-4-5-20(37)39-2)33-26(27-32-10-12-41-27)34-25(21)17-7-8-18(30)23(31)22(17)29;/h7-8,10,12,14-15,25H,3-6,9,11,13H2,1-2H3,(H,33,34);1H4. The van der Waals surface area contributed by atoms with Gasteiger partial charge in [-0.15, -0.1) is 11.3 Å². The third-order valence-corrected chi connectivity index (χ3v) is 8.25. The minimum Gasteiger partial charge on any atom is -0.469 e. The first-order valence-corrected chi connectivity index (χ1v) is 14.5. The smallest absolute Gasteiger partial charge is 0.338 e. The van der Waals surface area contributed by atoms with Gasteiger partial charge in [0, 0.05) is 47.9 Å². The van der Waals surface area contributed by atoms with Gasteiger partial charge in [0.15, 0.2) is 22.5 Å². The lowest BCUT2D eigenvalue weighted by molar-refractivity contribution is -0.141. The van der Waals surface area contributed by atoms with Crippen LogP contribution in [0.4, 0.5) is 8.78 Å². The molecule has 3 aromatic rings. The van der Waals surface area contributed by atoms with Crippen LogP contribution < -0.4 is 5.32 Å². The van der Waals surface area contributed by atoms with Crippen LogP contribution in [0.25, 0.3) is 0 Å². The summed E-state index contributed by atoms with van der Waals surface area (Å²) in [4.78, 5) is 34.0. The number of carbonyl (C=O) groups is 2. The zero-order valence-corrected chi connectivity index (χ0v) is 24.0. The van der Waals surface area contributed by atoms with Crippen molar-refractivity contribution in [3.05, 3.63) is 79.7 Å². The lowest BCUT2D eigenvalue weighted by Crippen LogP contribution is -2.38. The Balaban J connectivity index is 0.00000405. The van der Waals surface area contributed by atoms with E-state index in [1.165, 1.54) is 24.5 Å². The molecule has 5 rings (SSSR count). The van der Waals surface area contributed by atoms with Crippen molar-refractivity contribution in [1.82, 2.24) is 20.1 Å². The number of nitrogens with zero attached hydrogens (tertiary/aromatic N) is 4. The monoisotopic (exact) mass is 619 g/mol. The molecule has 3 heterocycles. The molecule has 0 bridgehead atoms. The largest absolute Gasteiger partial charge is 0.469 e. The van der Waals surface area contributed by atoms with E-state index < -0.39 is 28.7 Å². The molecule has 0 radical (unpaired) electrons. The van der Waals surface area contributed by atoms with E-state index in [-0.39, 0.29) is 37.1 Å². The Morgan fingerprint density at radius 1 is 1.29 bits per heavy atom. The van der Waals surface area contributed by atoms with E-state index in [4.69, 9.17) is 31.2 Å². The van der Waals surface area contributed by atoms with Crippen molar-refractivity contribution in [2.75, 3.05) is 13.7 Å². The second kappa shape index (κ2) is 13.6. The number of allylic oxidation sites excluding steroid dienone is 1. The maximum atomic E-state index is 14.6. The lowest BCUT2D eigenvalue weighted by atomic mass is 9.81. The fourth-order valence-corrected chi connectivity index (χ4v) is 6.00. The molecule has 2 aromatic heterocycles. The van der Waals surface area contributed by atoms with Gasteiger partial charge in [-0.2, -0.15) is 5.10 Å². The van der Waals surface area contributed by atoms with Gasteiger partial charge in [-0.1, -0.05) is 25.1 Å². The highest BCUT2D eigenvalue weighted by molar-refractivity contribution is 7.11. The maximum absolute atomic E-state index is 14.6. The van der Waals surface area contributed by atoms with Crippen LogP contribution in [0.2, 0.25) is 5.02 Å². The average Bonchev–Trinajstić information content (AvgIpc) is 3.65. The molecule has 1 N–H and O–H groups in total. The molecule has 1 aromatic carbocycles. The van der Waals surface area contributed by atoms with Crippen molar-refractivity contribution in [3.63, 3.8) is 0 Å². The summed E-state index contributed by atoms with van der Waals surface area (Å²) in [5.74, 6) is -2.95. The van der Waals surface area contributed by atoms with E-state index in [9.17, 15) is 18.4 Å². The van der Waals surface area contributed by atoms with Gasteiger partial charge in [0.25, 0.3) is 0 Å². The van der Waals surface area contributed by atoms with Crippen LogP contribution in [0.15, 0.2) is 46.2 Å². The number of ether oxygens (including phenoxy) is 2. The number of methoxy groups -OCH3 is 1. The van der Waals surface area contributed by atoms with Crippen molar-refractivity contribution in [3.8, 4) is 0 Å². The molecule has 42 heavy (non-hydrogen) atoms. The number of hydrogen-bond donors (Lipinski definition) is 1. The number of thiazole rings is 1. The summed E-state index contributed by atoms with van der Waals surface area (Å²) in [7, 11) is 1.36. The highest BCUT2D eigenvalue weighted by Crippen LogP contribution is 2.41. The number of fused-ring (bicyclic) bond motifs is 1. The van der Waals surface area contributed by atoms with Crippen molar-refractivity contribution < 1.29 is 27.8 Å². The Morgan fingerprint density at radius 2 is 2.10 bits per heavy atom. The Bertz CT molecular complexity index is 1520. The topological polar surface area (TPSA) is 108 Å². The van der Waals surface area contributed by atoms with E-state index >= 15 is 0 Å². The minimum atomic E-state index is -1.21. The number of halogens is 3. The molecule has 13 heteroatoms. The molecule has 0 saturated carbocycles. The molecule has 2 atom stereocenters. The summed E-state index contributed by atoms with van der Waals surface area (Å²) in [5.41, 5.74) is 2.91. The van der Waals surface area contributed by atoms with E-state index in [2.05, 4.69) is 10.3 Å². The normalized spacial score (nSPS) is 18.0. The van der Waals surface area contributed by atoms with Crippen molar-refractivity contribution in [2.45, 2.75) is 59.0 Å². The number of carbonyl (C=O) groups excluding carboxylic acids is 2. The first kappa shape index (κ1) is 31.3. The molecule has 0 fully saturated rings.